The summed E-state index contributed by atoms with van der Waals surface area (Å²) in [5.74, 6) is 0.484. The fourth-order valence-corrected chi connectivity index (χ4v) is 1.52. The number of rotatable bonds is 6. The lowest BCUT2D eigenvalue weighted by Crippen LogP contribution is -2.35. The summed E-state index contributed by atoms with van der Waals surface area (Å²) in [4.78, 5) is 4.22. The van der Waals surface area contributed by atoms with Gasteiger partial charge in [-0.3, -0.25) is 0 Å². The zero-order valence-electron chi connectivity index (χ0n) is 11.3. The van der Waals surface area contributed by atoms with Crippen molar-refractivity contribution in [2.75, 3.05) is 6.61 Å². The fourth-order valence-electron chi connectivity index (χ4n) is 1.27. The largest absolute Gasteiger partial charge is 0.476 e. The molecule has 4 heteroatoms. The van der Waals surface area contributed by atoms with E-state index in [4.69, 9.17) is 16.3 Å². The Balaban J connectivity index is 2.58. The average molecular weight is 269 g/mol. The molecule has 1 heterocycles. The van der Waals surface area contributed by atoms with Crippen LogP contribution in [0, 0.1) is 0 Å². The lowest BCUT2D eigenvalue weighted by atomic mass is 10.1. The standard InChI is InChI=1S/C14H21ClN2O/c1-5-6-7-18-13-12(15)8-11(9-16-13)10-17-14(2,3)4/h5,8-9,17H,1,6-7,10H2,2-4H3. The Labute approximate surface area is 114 Å². The van der Waals surface area contributed by atoms with Crippen LogP contribution in [0.1, 0.15) is 32.8 Å². The maximum Gasteiger partial charge on any atom is 0.232 e. The Morgan fingerprint density at radius 2 is 2.22 bits per heavy atom. The highest BCUT2D eigenvalue weighted by Crippen LogP contribution is 2.22. The molecular weight excluding hydrogens is 248 g/mol. The first-order valence-electron chi connectivity index (χ1n) is 6.05. The molecule has 0 aliphatic rings. The second-order valence-corrected chi connectivity index (χ2v) is 5.57. The number of hydrogen-bond acceptors (Lipinski definition) is 3. The van der Waals surface area contributed by atoms with E-state index in [0.717, 1.165) is 18.5 Å². The number of nitrogens with one attached hydrogen (secondary N) is 1. The topological polar surface area (TPSA) is 34.1 Å². The van der Waals surface area contributed by atoms with Crippen molar-refractivity contribution >= 4 is 11.6 Å². The van der Waals surface area contributed by atoms with Gasteiger partial charge in [0.15, 0.2) is 0 Å². The van der Waals surface area contributed by atoms with Crippen LogP contribution in [0.25, 0.3) is 0 Å². The van der Waals surface area contributed by atoms with E-state index in [9.17, 15) is 0 Å². The summed E-state index contributed by atoms with van der Waals surface area (Å²) >= 11 is 6.12. The molecular formula is C14H21ClN2O. The molecule has 3 nitrogen and oxygen atoms in total. The van der Waals surface area contributed by atoms with Crippen molar-refractivity contribution in [2.24, 2.45) is 0 Å². The molecule has 1 N–H and O–H groups in total. The smallest absolute Gasteiger partial charge is 0.232 e. The Bertz CT molecular complexity index is 399. The van der Waals surface area contributed by atoms with E-state index in [1.807, 2.05) is 6.07 Å². The average Bonchev–Trinajstić information content (AvgIpc) is 2.28. The first kappa shape index (κ1) is 15.0. The first-order chi connectivity index (χ1) is 8.42. The summed E-state index contributed by atoms with van der Waals surface area (Å²) < 4.78 is 5.44. The summed E-state index contributed by atoms with van der Waals surface area (Å²) in [5.41, 5.74) is 1.12. The van der Waals surface area contributed by atoms with Crippen molar-refractivity contribution in [3.63, 3.8) is 0 Å². The van der Waals surface area contributed by atoms with Gasteiger partial charge < -0.3 is 10.1 Å². The Hall–Kier alpha value is -1.06. The lowest BCUT2D eigenvalue weighted by molar-refractivity contribution is 0.312. The van der Waals surface area contributed by atoms with Crippen LogP contribution in [0.5, 0.6) is 5.88 Å². The highest BCUT2D eigenvalue weighted by atomic mass is 35.5. The molecule has 0 spiro atoms. The van der Waals surface area contributed by atoms with Gasteiger partial charge in [0.25, 0.3) is 0 Å². The van der Waals surface area contributed by atoms with E-state index in [1.165, 1.54) is 0 Å². The number of nitrogens with zero attached hydrogens (tertiary/aromatic N) is 1. The molecule has 0 fully saturated rings. The van der Waals surface area contributed by atoms with Crippen LogP contribution >= 0.6 is 11.6 Å². The van der Waals surface area contributed by atoms with Gasteiger partial charge in [0.1, 0.15) is 5.02 Å². The number of pyridine rings is 1. The van der Waals surface area contributed by atoms with Gasteiger partial charge in [0.2, 0.25) is 5.88 Å². The SMILES string of the molecule is C=CCCOc1ncc(CNC(C)(C)C)cc1Cl. The van der Waals surface area contributed by atoms with Crippen LogP contribution in [0.3, 0.4) is 0 Å². The Morgan fingerprint density at radius 3 is 2.78 bits per heavy atom. The van der Waals surface area contributed by atoms with E-state index in [2.05, 4.69) is 37.7 Å². The highest BCUT2D eigenvalue weighted by molar-refractivity contribution is 6.31. The van der Waals surface area contributed by atoms with Crippen molar-refractivity contribution < 1.29 is 4.74 Å². The summed E-state index contributed by atoms with van der Waals surface area (Å²) in [5, 5.41) is 3.93. The summed E-state index contributed by atoms with van der Waals surface area (Å²) in [6.07, 6.45) is 4.37. The zero-order valence-corrected chi connectivity index (χ0v) is 12.0. The Kier molecular flexibility index (Phi) is 5.63. The van der Waals surface area contributed by atoms with Crippen molar-refractivity contribution in [1.29, 1.82) is 0 Å². The van der Waals surface area contributed by atoms with Crippen molar-refractivity contribution in [3.8, 4) is 5.88 Å². The van der Waals surface area contributed by atoms with Crippen LogP contribution in [-0.4, -0.2) is 17.1 Å². The molecule has 100 valence electrons. The molecule has 0 unspecified atom stereocenters. The minimum absolute atomic E-state index is 0.0750. The van der Waals surface area contributed by atoms with Crippen LogP contribution in [-0.2, 0) is 6.54 Å². The van der Waals surface area contributed by atoms with E-state index in [-0.39, 0.29) is 5.54 Å². The summed E-state index contributed by atoms with van der Waals surface area (Å²) in [6, 6.07) is 1.89. The third-order valence-corrected chi connectivity index (χ3v) is 2.52. The number of ether oxygens (including phenoxy) is 1. The quantitative estimate of drug-likeness (QED) is 0.633. The minimum atomic E-state index is 0.0750. The predicted molar refractivity (Wildman–Crippen MR) is 76.1 cm³/mol. The van der Waals surface area contributed by atoms with Crippen LogP contribution < -0.4 is 10.1 Å². The highest BCUT2D eigenvalue weighted by Gasteiger charge is 2.10. The second-order valence-electron chi connectivity index (χ2n) is 5.16. The predicted octanol–water partition coefficient (Wildman–Crippen LogP) is 3.58. The van der Waals surface area contributed by atoms with Gasteiger partial charge in [-0.05, 0) is 38.8 Å². The van der Waals surface area contributed by atoms with Crippen molar-refractivity contribution in [1.82, 2.24) is 10.3 Å². The normalized spacial score (nSPS) is 11.3. The van der Waals surface area contributed by atoms with Gasteiger partial charge in [0.05, 0.1) is 6.61 Å². The molecule has 1 rings (SSSR count). The van der Waals surface area contributed by atoms with Gasteiger partial charge in [-0.2, -0.15) is 0 Å². The summed E-state index contributed by atoms with van der Waals surface area (Å²) in [7, 11) is 0. The van der Waals surface area contributed by atoms with Gasteiger partial charge in [-0.1, -0.05) is 17.7 Å². The fraction of sp³-hybridized carbons (Fsp3) is 0.500. The molecule has 0 aliphatic heterocycles. The maximum absolute atomic E-state index is 6.12. The molecule has 18 heavy (non-hydrogen) atoms. The van der Waals surface area contributed by atoms with E-state index >= 15 is 0 Å². The van der Waals surface area contributed by atoms with Crippen LogP contribution in [0.2, 0.25) is 5.02 Å². The van der Waals surface area contributed by atoms with Gasteiger partial charge >= 0.3 is 0 Å². The second kappa shape index (κ2) is 6.76. The molecule has 0 bridgehead atoms. The van der Waals surface area contributed by atoms with Gasteiger partial charge in [-0.25, -0.2) is 4.98 Å². The zero-order chi connectivity index (χ0) is 13.6. The maximum atomic E-state index is 6.12. The Morgan fingerprint density at radius 1 is 1.50 bits per heavy atom. The third kappa shape index (κ3) is 5.52. The monoisotopic (exact) mass is 268 g/mol. The van der Waals surface area contributed by atoms with Crippen molar-refractivity contribution in [2.45, 2.75) is 39.3 Å². The van der Waals surface area contributed by atoms with Crippen LogP contribution in [0.4, 0.5) is 0 Å². The van der Waals surface area contributed by atoms with Gasteiger partial charge in [0, 0.05) is 18.3 Å². The molecule has 0 radical (unpaired) electrons. The molecule has 0 saturated heterocycles. The molecule has 0 aromatic carbocycles. The van der Waals surface area contributed by atoms with Gasteiger partial charge in [-0.15, -0.1) is 6.58 Å². The number of halogens is 1. The first-order valence-corrected chi connectivity index (χ1v) is 6.43. The minimum Gasteiger partial charge on any atom is -0.476 e. The lowest BCUT2D eigenvalue weighted by Gasteiger charge is -2.20. The van der Waals surface area contributed by atoms with E-state index in [1.54, 1.807) is 12.3 Å². The van der Waals surface area contributed by atoms with Crippen molar-refractivity contribution in [3.05, 3.63) is 35.5 Å². The number of aromatic nitrogens is 1. The van der Waals surface area contributed by atoms with E-state index < -0.39 is 0 Å². The molecule has 0 saturated carbocycles. The molecule has 1 aromatic heterocycles. The summed E-state index contributed by atoms with van der Waals surface area (Å²) in [6.45, 7) is 11.3. The molecule has 0 atom stereocenters. The number of hydrogen-bond donors (Lipinski definition) is 1. The third-order valence-electron chi connectivity index (χ3n) is 2.25. The molecule has 0 amide bonds. The van der Waals surface area contributed by atoms with Crippen LogP contribution in [0.15, 0.2) is 24.9 Å². The molecule has 1 aromatic rings. The van der Waals surface area contributed by atoms with E-state index in [0.29, 0.717) is 17.5 Å². The molecule has 0 aliphatic carbocycles.